The molecule has 1 aromatic rings. The number of ether oxygens (including phenoxy) is 2. The molecule has 0 spiro atoms. The molecule has 5 heteroatoms. The molecule has 0 bridgehead atoms. The summed E-state index contributed by atoms with van der Waals surface area (Å²) in [5, 5.41) is 9.79. The van der Waals surface area contributed by atoms with Crippen LogP contribution < -0.4 is 9.47 Å². The fourth-order valence-corrected chi connectivity index (χ4v) is 1.62. The Morgan fingerprint density at radius 2 is 1.93 bits per heavy atom. The van der Waals surface area contributed by atoms with E-state index in [1.54, 1.807) is 12.1 Å². The van der Waals surface area contributed by atoms with Crippen molar-refractivity contribution in [3.05, 3.63) is 22.2 Å². The zero-order chi connectivity index (χ0) is 10.1. The van der Waals surface area contributed by atoms with Gasteiger partial charge in [0, 0.05) is 0 Å². The Kier molecular flexibility index (Phi) is 2.72. The summed E-state index contributed by atoms with van der Waals surface area (Å²) in [6, 6.07) is 3.27. The average Bonchev–Trinajstić information content (AvgIpc) is 2.23. The zero-order valence-electron chi connectivity index (χ0n) is 7.17. The van der Waals surface area contributed by atoms with Gasteiger partial charge in [0.05, 0.1) is 16.7 Å². The summed E-state index contributed by atoms with van der Waals surface area (Å²) in [6.07, 6.45) is -0.376. The largest absolute Gasteiger partial charge is 0.484 e. The molecule has 0 saturated carbocycles. The molecule has 0 amide bonds. The predicted molar refractivity (Wildman–Crippen MR) is 53.5 cm³/mol. The van der Waals surface area contributed by atoms with Crippen molar-refractivity contribution in [2.45, 2.75) is 6.10 Å². The second-order valence-corrected chi connectivity index (χ2v) is 3.74. The molecule has 3 nitrogen and oxygen atoms in total. The molecule has 14 heavy (non-hydrogen) atoms. The van der Waals surface area contributed by atoms with E-state index >= 15 is 0 Å². The Labute approximate surface area is 91.1 Å². The third-order valence-corrected chi connectivity index (χ3v) is 2.51. The Morgan fingerprint density at radius 1 is 1.29 bits per heavy atom. The second-order valence-electron chi connectivity index (χ2n) is 2.92. The monoisotopic (exact) mass is 234 g/mol. The third kappa shape index (κ3) is 1.63. The van der Waals surface area contributed by atoms with E-state index in [0.717, 1.165) is 0 Å². The van der Waals surface area contributed by atoms with Gasteiger partial charge < -0.3 is 14.6 Å². The van der Waals surface area contributed by atoms with E-state index in [0.29, 0.717) is 21.5 Å². The number of aliphatic hydroxyl groups is 1. The van der Waals surface area contributed by atoms with E-state index in [4.69, 9.17) is 37.8 Å². The summed E-state index contributed by atoms with van der Waals surface area (Å²) in [7, 11) is 0. The molecule has 1 aromatic carbocycles. The summed E-state index contributed by atoms with van der Waals surface area (Å²) in [4.78, 5) is 0. The summed E-state index contributed by atoms with van der Waals surface area (Å²) in [5.74, 6) is 0.855. The van der Waals surface area contributed by atoms with Crippen LogP contribution in [0.3, 0.4) is 0 Å². The lowest BCUT2D eigenvalue weighted by Gasteiger charge is -2.26. The number of hydrogen-bond acceptors (Lipinski definition) is 3. The Morgan fingerprint density at radius 3 is 2.57 bits per heavy atom. The van der Waals surface area contributed by atoms with Gasteiger partial charge in [0.1, 0.15) is 6.61 Å². The van der Waals surface area contributed by atoms with E-state index in [1.807, 2.05) is 0 Å². The summed E-state index contributed by atoms with van der Waals surface area (Å²) in [5.41, 5.74) is 0. The zero-order valence-corrected chi connectivity index (χ0v) is 8.68. The van der Waals surface area contributed by atoms with Gasteiger partial charge in [0.2, 0.25) is 0 Å². The third-order valence-electron chi connectivity index (χ3n) is 1.92. The van der Waals surface area contributed by atoms with Crippen molar-refractivity contribution in [1.29, 1.82) is 0 Å². The van der Waals surface area contributed by atoms with E-state index in [-0.39, 0.29) is 19.3 Å². The van der Waals surface area contributed by atoms with Gasteiger partial charge in [-0.05, 0) is 12.1 Å². The average molecular weight is 235 g/mol. The summed E-state index contributed by atoms with van der Waals surface area (Å²) in [6.45, 7) is 0.172. The maximum absolute atomic E-state index is 8.90. The molecule has 1 aliphatic rings. The van der Waals surface area contributed by atoms with E-state index in [1.165, 1.54) is 0 Å². The first-order valence-electron chi connectivity index (χ1n) is 4.10. The lowest BCUT2D eigenvalue weighted by atomic mass is 10.2. The molecule has 0 aromatic heterocycles. The first kappa shape index (κ1) is 9.90. The van der Waals surface area contributed by atoms with Crippen molar-refractivity contribution in [3.8, 4) is 11.5 Å². The highest BCUT2D eigenvalue weighted by atomic mass is 35.5. The molecule has 1 N–H and O–H groups in total. The van der Waals surface area contributed by atoms with Gasteiger partial charge in [-0.15, -0.1) is 0 Å². The van der Waals surface area contributed by atoms with Crippen LogP contribution in [-0.2, 0) is 0 Å². The lowest BCUT2D eigenvalue weighted by Crippen LogP contribution is -2.32. The van der Waals surface area contributed by atoms with Crippen LogP contribution in [0.5, 0.6) is 11.5 Å². The number of benzene rings is 1. The highest BCUT2D eigenvalue weighted by molar-refractivity contribution is 6.35. The van der Waals surface area contributed by atoms with Crippen molar-refractivity contribution in [2.24, 2.45) is 0 Å². The van der Waals surface area contributed by atoms with Gasteiger partial charge in [0.25, 0.3) is 0 Å². The topological polar surface area (TPSA) is 38.7 Å². The van der Waals surface area contributed by atoms with Crippen molar-refractivity contribution < 1.29 is 14.6 Å². The molecule has 0 aliphatic carbocycles. The smallest absolute Gasteiger partial charge is 0.182 e. The lowest BCUT2D eigenvalue weighted by molar-refractivity contribution is 0.0458. The predicted octanol–water partition coefficient (Wildman–Crippen LogP) is 2.13. The van der Waals surface area contributed by atoms with Crippen LogP contribution in [0.25, 0.3) is 0 Å². The number of hydrogen-bond donors (Lipinski definition) is 1. The Hall–Kier alpha value is -0.640. The minimum Gasteiger partial charge on any atom is -0.484 e. The number of halogens is 2. The fourth-order valence-electron chi connectivity index (χ4n) is 1.23. The van der Waals surface area contributed by atoms with Gasteiger partial charge >= 0.3 is 0 Å². The van der Waals surface area contributed by atoms with Gasteiger partial charge in [-0.25, -0.2) is 0 Å². The normalized spacial score (nSPS) is 19.5. The number of rotatable bonds is 1. The fraction of sp³-hybridized carbons (Fsp3) is 0.333. The van der Waals surface area contributed by atoms with E-state index < -0.39 is 0 Å². The van der Waals surface area contributed by atoms with Gasteiger partial charge in [0.15, 0.2) is 17.6 Å². The second kappa shape index (κ2) is 3.85. The molecule has 0 saturated heterocycles. The Balaban J connectivity index is 2.40. The number of aliphatic hydroxyl groups excluding tert-OH is 1. The molecule has 1 heterocycles. The first-order valence-corrected chi connectivity index (χ1v) is 4.86. The van der Waals surface area contributed by atoms with Crippen LogP contribution in [-0.4, -0.2) is 24.4 Å². The maximum Gasteiger partial charge on any atom is 0.182 e. The molecule has 0 radical (unpaired) electrons. The van der Waals surface area contributed by atoms with Crippen LogP contribution in [0.1, 0.15) is 0 Å². The molecule has 1 aliphatic heterocycles. The minimum atomic E-state index is -0.376. The van der Waals surface area contributed by atoms with Crippen molar-refractivity contribution in [1.82, 2.24) is 0 Å². The van der Waals surface area contributed by atoms with Gasteiger partial charge in [-0.1, -0.05) is 23.2 Å². The summed E-state index contributed by atoms with van der Waals surface area (Å²) < 4.78 is 10.7. The SMILES string of the molecule is OCC1COc2c(Cl)ccc(Cl)c2O1. The van der Waals surface area contributed by atoms with Crippen LogP contribution >= 0.6 is 23.2 Å². The molecule has 2 rings (SSSR count). The highest BCUT2D eigenvalue weighted by Gasteiger charge is 2.24. The molecule has 1 unspecified atom stereocenters. The molecular weight excluding hydrogens is 227 g/mol. The van der Waals surface area contributed by atoms with Crippen LogP contribution in [0.15, 0.2) is 12.1 Å². The van der Waals surface area contributed by atoms with E-state index in [2.05, 4.69) is 0 Å². The first-order chi connectivity index (χ1) is 6.72. The van der Waals surface area contributed by atoms with Gasteiger partial charge in [-0.3, -0.25) is 0 Å². The van der Waals surface area contributed by atoms with Gasteiger partial charge in [-0.2, -0.15) is 0 Å². The quantitative estimate of drug-likeness (QED) is 0.810. The minimum absolute atomic E-state index is 0.109. The van der Waals surface area contributed by atoms with Crippen molar-refractivity contribution in [3.63, 3.8) is 0 Å². The molecular formula is C9H8Cl2O3. The summed E-state index contributed by atoms with van der Waals surface area (Å²) >= 11 is 11.8. The van der Waals surface area contributed by atoms with Crippen LogP contribution in [0.2, 0.25) is 10.0 Å². The van der Waals surface area contributed by atoms with Crippen LogP contribution in [0.4, 0.5) is 0 Å². The van der Waals surface area contributed by atoms with E-state index in [9.17, 15) is 0 Å². The highest BCUT2D eigenvalue weighted by Crippen LogP contribution is 2.43. The Bertz CT molecular complexity index is 354. The molecule has 1 atom stereocenters. The van der Waals surface area contributed by atoms with Crippen molar-refractivity contribution in [2.75, 3.05) is 13.2 Å². The molecule has 76 valence electrons. The number of fused-ring (bicyclic) bond motifs is 1. The maximum atomic E-state index is 8.90. The standard InChI is InChI=1S/C9H8Cl2O3/c10-6-1-2-7(11)9-8(6)13-4-5(3-12)14-9/h1-2,5,12H,3-4H2. The van der Waals surface area contributed by atoms with Crippen molar-refractivity contribution >= 4 is 23.2 Å². The molecule has 0 fully saturated rings. The van der Waals surface area contributed by atoms with Crippen LogP contribution in [0, 0.1) is 0 Å².